The van der Waals surface area contributed by atoms with Gasteiger partial charge in [-0.15, -0.1) is 0 Å². The van der Waals surface area contributed by atoms with Gasteiger partial charge < -0.3 is 25.6 Å². The number of anilines is 1. The number of aryl methyl sites for hydroxylation is 2. The third-order valence-corrected chi connectivity index (χ3v) is 10.2. The van der Waals surface area contributed by atoms with Gasteiger partial charge in [0, 0.05) is 101 Å². The van der Waals surface area contributed by atoms with Crippen LogP contribution in [0.15, 0.2) is 48.7 Å². The molecular formula is C40H53FN8O3. The van der Waals surface area contributed by atoms with Crippen LogP contribution in [-0.2, 0) is 46.9 Å². The van der Waals surface area contributed by atoms with E-state index in [-0.39, 0.29) is 43.1 Å². The van der Waals surface area contributed by atoms with Crippen molar-refractivity contribution in [3.8, 4) is 11.1 Å². The number of likely N-dealkylation sites (N-methyl/N-ethyl adjacent to an activating group) is 1. The highest BCUT2D eigenvalue weighted by atomic mass is 19.1. The summed E-state index contributed by atoms with van der Waals surface area (Å²) < 4.78 is 22.5. The molecule has 2 aromatic carbocycles. The van der Waals surface area contributed by atoms with Gasteiger partial charge in [-0.25, -0.2) is 14.1 Å². The molecule has 2 aliphatic rings. The Bertz CT molecular complexity index is 1830. The Labute approximate surface area is 306 Å². The summed E-state index contributed by atoms with van der Waals surface area (Å²) in [4.78, 5) is 35.5. The second kappa shape index (κ2) is 17.9. The largest absolute Gasteiger partial charge is 0.381 e. The molecule has 2 aromatic heterocycles. The van der Waals surface area contributed by atoms with Crippen molar-refractivity contribution in [1.82, 2.24) is 35.2 Å². The summed E-state index contributed by atoms with van der Waals surface area (Å²) in [6.07, 6.45) is 5.27. The number of halogens is 1. The molecule has 52 heavy (non-hydrogen) atoms. The molecule has 0 bridgehead atoms. The van der Waals surface area contributed by atoms with Crippen molar-refractivity contribution >= 4 is 28.5 Å². The molecule has 0 spiro atoms. The average molecular weight is 713 g/mol. The van der Waals surface area contributed by atoms with E-state index in [1.807, 2.05) is 29.1 Å². The van der Waals surface area contributed by atoms with Gasteiger partial charge in [0.1, 0.15) is 5.82 Å². The van der Waals surface area contributed by atoms with Gasteiger partial charge in [-0.05, 0) is 74.5 Å². The monoisotopic (exact) mass is 712 g/mol. The van der Waals surface area contributed by atoms with Crippen LogP contribution in [-0.4, -0.2) is 88.9 Å². The van der Waals surface area contributed by atoms with Gasteiger partial charge in [0.2, 0.25) is 11.8 Å². The van der Waals surface area contributed by atoms with Crippen molar-refractivity contribution in [2.75, 3.05) is 51.8 Å². The molecule has 3 N–H and O–H groups in total. The summed E-state index contributed by atoms with van der Waals surface area (Å²) in [5.74, 6) is -0.553. The molecule has 0 atom stereocenters. The Hall–Kier alpha value is -4.39. The van der Waals surface area contributed by atoms with Crippen molar-refractivity contribution in [1.29, 1.82) is 0 Å². The number of rotatable bonds is 15. The lowest BCUT2D eigenvalue weighted by Gasteiger charge is -2.32. The van der Waals surface area contributed by atoms with Crippen LogP contribution < -0.4 is 16.0 Å². The highest BCUT2D eigenvalue weighted by Crippen LogP contribution is 2.31. The van der Waals surface area contributed by atoms with Gasteiger partial charge in [0.15, 0.2) is 5.65 Å². The maximum Gasteiger partial charge on any atom is 0.220 e. The van der Waals surface area contributed by atoms with Crippen molar-refractivity contribution in [2.45, 2.75) is 84.6 Å². The molecule has 0 saturated carbocycles. The van der Waals surface area contributed by atoms with E-state index in [2.05, 4.69) is 63.9 Å². The second-order valence-electron chi connectivity index (χ2n) is 14.0. The zero-order chi connectivity index (χ0) is 36.5. The molecular weight excluding hydrogens is 659 g/mol. The van der Waals surface area contributed by atoms with Crippen molar-refractivity contribution in [3.63, 3.8) is 0 Å². The first kappa shape index (κ1) is 37.4. The van der Waals surface area contributed by atoms with E-state index in [1.165, 1.54) is 6.07 Å². The zero-order valence-corrected chi connectivity index (χ0v) is 30.8. The molecule has 2 fully saturated rings. The van der Waals surface area contributed by atoms with E-state index in [4.69, 9.17) is 9.72 Å². The Morgan fingerprint density at radius 3 is 2.42 bits per heavy atom. The summed E-state index contributed by atoms with van der Waals surface area (Å²) in [5.41, 5.74) is 7.06. The maximum atomic E-state index is 15.0. The number of aromatic nitrogens is 3. The van der Waals surface area contributed by atoms with Crippen LogP contribution in [0, 0.1) is 5.82 Å². The first-order valence-electron chi connectivity index (χ1n) is 18.8. The second-order valence-corrected chi connectivity index (χ2v) is 14.0. The van der Waals surface area contributed by atoms with E-state index < -0.39 is 0 Å². The quantitative estimate of drug-likeness (QED) is 0.153. The fraction of sp³-hybridized carbons (Fsp3) is 0.500. The Morgan fingerprint density at radius 2 is 1.69 bits per heavy atom. The predicted octanol–water partition coefficient (Wildman–Crippen LogP) is 5.26. The SMILES string of the molecule is CCc1nc2c(cnn2CC)c(NC2CCOCC2)c1CNC(=O)CCCC(=O)NCc1ccc(F)c(-c2cccc(CN3CCN(C)CC3)c2)c1. The molecule has 11 nitrogen and oxygen atoms in total. The molecule has 0 aliphatic carbocycles. The van der Waals surface area contributed by atoms with Crippen molar-refractivity contribution in [2.24, 2.45) is 0 Å². The number of amides is 2. The van der Waals surface area contributed by atoms with Gasteiger partial charge in [0.25, 0.3) is 0 Å². The lowest BCUT2D eigenvalue weighted by molar-refractivity contribution is -0.122. The van der Waals surface area contributed by atoms with Crippen molar-refractivity contribution in [3.05, 3.63) is 76.9 Å². The van der Waals surface area contributed by atoms with Crippen LogP contribution in [0.25, 0.3) is 22.2 Å². The molecule has 2 aliphatic heterocycles. The zero-order valence-electron chi connectivity index (χ0n) is 30.8. The standard InChI is InChI=1S/C40H53FN8O3/c1-4-36-33(39(45-31-14-20-52-21-15-31)34-26-44-49(5-2)40(34)46-36)25-43-38(51)11-7-10-37(50)42-24-28-12-13-35(41)32(23-28)30-9-6-8-29(22-30)27-48-18-16-47(3)17-19-48/h6,8-9,12-13,22-23,26,31H,4-5,7,10-11,14-21,24-25,27H2,1-3H3,(H,42,50)(H,43,51)(H,45,46). The molecule has 4 aromatic rings. The fourth-order valence-electron chi connectivity index (χ4n) is 7.08. The van der Waals surface area contributed by atoms with Crippen LogP contribution >= 0.6 is 0 Å². The van der Waals surface area contributed by atoms with Gasteiger partial charge in [-0.2, -0.15) is 5.10 Å². The van der Waals surface area contributed by atoms with Crippen molar-refractivity contribution < 1.29 is 18.7 Å². The minimum Gasteiger partial charge on any atom is -0.381 e. The first-order chi connectivity index (χ1) is 25.3. The number of nitrogens with one attached hydrogen (secondary N) is 3. The molecule has 2 saturated heterocycles. The summed E-state index contributed by atoms with van der Waals surface area (Å²) >= 11 is 0. The van der Waals surface area contributed by atoms with Crippen LogP contribution in [0.4, 0.5) is 10.1 Å². The maximum absolute atomic E-state index is 15.0. The van der Waals surface area contributed by atoms with Gasteiger partial charge >= 0.3 is 0 Å². The number of benzene rings is 2. The van der Waals surface area contributed by atoms with E-state index in [9.17, 15) is 14.0 Å². The molecule has 6 rings (SSSR count). The number of ether oxygens (including phenoxy) is 1. The smallest absolute Gasteiger partial charge is 0.220 e. The third kappa shape index (κ3) is 9.53. The Kier molecular flexibility index (Phi) is 12.9. The number of carbonyl (C=O) groups excluding carboxylic acids is 2. The normalized spacial score (nSPS) is 15.9. The average Bonchev–Trinajstić information content (AvgIpc) is 3.58. The predicted molar refractivity (Wildman–Crippen MR) is 202 cm³/mol. The molecule has 0 unspecified atom stereocenters. The third-order valence-electron chi connectivity index (χ3n) is 10.2. The Morgan fingerprint density at radius 1 is 0.942 bits per heavy atom. The lowest BCUT2D eigenvalue weighted by Crippen LogP contribution is -2.43. The van der Waals surface area contributed by atoms with E-state index in [1.54, 1.807) is 6.07 Å². The highest BCUT2D eigenvalue weighted by molar-refractivity contribution is 5.92. The minimum absolute atomic E-state index is 0.116. The number of piperazine rings is 1. The lowest BCUT2D eigenvalue weighted by atomic mass is 10.00. The van der Waals surface area contributed by atoms with Crippen LogP contribution in [0.1, 0.15) is 68.3 Å². The number of fused-ring (bicyclic) bond motifs is 1. The Balaban J connectivity index is 1.00. The molecule has 2 amide bonds. The molecule has 4 heterocycles. The summed E-state index contributed by atoms with van der Waals surface area (Å²) in [6, 6.07) is 13.3. The van der Waals surface area contributed by atoms with Crippen LogP contribution in [0.2, 0.25) is 0 Å². The van der Waals surface area contributed by atoms with Gasteiger partial charge in [-0.1, -0.05) is 31.2 Å². The summed E-state index contributed by atoms with van der Waals surface area (Å²) in [6.45, 7) is 11.9. The number of hydrogen-bond donors (Lipinski definition) is 3. The number of nitrogens with zero attached hydrogens (tertiary/aromatic N) is 5. The number of pyridine rings is 1. The van der Waals surface area contributed by atoms with E-state index in [0.29, 0.717) is 18.5 Å². The summed E-state index contributed by atoms with van der Waals surface area (Å²) in [7, 11) is 2.14. The number of hydrogen-bond acceptors (Lipinski definition) is 8. The van der Waals surface area contributed by atoms with E-state index in [0.717, 1.165) is 116 Å². The fourth-order valence-corrected chi connectivity index (χ4v) is 7.08. The minimum atomic E-state index is -0.290. The van der Waals surface area contributed by atoms with Gasteiger partial charge in [-0.3, -0.25) is 14.5 Å². The molecule has 278 valence electrons. The first-order valence-corrected chi connectivity index (χ1v) is 18.8. The van der Waals surface area contributed by atoms with Crippen LogP contribution in [0.3, 0.4) is 0 Å². The molecule has 12 heteroatoms. The topological polar surface area (TPSA) is 117 Å². The number of carbonyl (C=O) groups is 2. The van der Waals surface area contributed by atoms with Crippen LogP contribution in [0.5, 0.6) is 0 Å². The highest BCUT2D eigenvalue weighted by Gasteiger charge is 2.22. The van der Waals surface area contributed by atoms with E-state index >= 15 is 0 Å². The molecule has 0 radical (unpaired) electrons. The van der Waals surface area contributed by atoms with Gasteiger partial charge in [0.05, 0.1) is 17.3 Å². The summed E-state index contributed by atoms with van der Waals surface area (Å²) in [5, 5.41) is 15.3.